The van der Waals surface area contributed by atoms with E-state index < -0.39 is 0 Å². The maximum Gasteiger partial charge on any atom is 0.133 e. The highest BCUT2D eigenvalue weighted by Crippen LogP contribution is 2.26. The number of anilines is 2. The van der Waals surface area contributed by atoms with Crippen LogP contribution in [0.2, 0.25) is 0 Å². The number of aryl methyl sites for hydroxylation is 1. The van der Waals surface area contributed by atoms with Crippen LogP contribution in [-0.4, -0.2) is 17.1 Å². The number of benzene rings is 1. The molecule has 0 aliphatic heterocycles. The average Bonchev–Trinajstić information content (AvgIpc) is 2.45. The maximum atomic E-state index is 9.42. The highest BCUT2D eigenvalue weighted by molar-refractivity contribution is 5.60. The number of nitrogens with zero attached hydrogens (tertiary/aromatic N) is 2. The summed E-state index contributed by atoms with van der Waals surface area (Å²) in [6.45, 7) is 6.34. The molecule has 0 radical (unpaired) electrons. The van der Waals surface area contributed by atoms with E-state index in [2.05, 4.69) is 43.9 Å². The Labute approximate surface area is 120 Å². The molecule has 106 valence electrons. The number of hydrogen-bond donors (Lipinski definition) is 1. The highest BCUT2D eigenvalue weighted by atomic mass is 16.3. The molecule has 2 rings (SSSR count). The van der Waals surface area contributed by atoms with E-state index in [1.54, 1.807) is 0 Å². The fourth-order valence-corrected chi connectivity index (χ4v) is 2.12. The topological polar surface area (TPSA) is 36.4 Å². The summed E-state index contributed by atoms with van der Waals surface area (Å²) >= 11 is 0. The van der Waals surface area contributed by atoms with Crippen molar-refractivity contribution in [2.75, 3.05) is 11.9 Å². The summed E-state index contributed by atoms with van der Waals surface area (Å²) in [4.78, 5) is 6.76. The molecule has 0 aliphatic rings. The Morgan fingerprint density at radius 3 is 2.55 bits per heavy atom. The molecule has 3 nitrogen and oxygen atoms in total. The number of pyridine rings is 1. The molecule has 0 unspecified atom stereocenters. The predicted octanol–water partition coefficient (Wildman–Crippen LogP) is 3.77. The van der Waals surface area contributed by atoms with Gasteiger partial charge in [0.1, 0.15) is 5.82 Å². The monoisotopic (exact) mass is 270 g/mol. The molecular weight excluding hydrogens is 248 g/mol. The Bertz CT molecular complexity index is 593. The van der Waals surface area contributed by atoms with E-state index in [1.807, 2.05) is 25.2 Å². The Kier molecular flexibility index (Phi) is 4.40. The summed E-state index contributed by atoms with van der Waals surface area (Å²) < 4.78 is 0. The zero-order valence-electron chi connectivity index (χ0n) is 12.6. The Balaban J connectivity index is 2.43. The van der Waals surface area contributed by atoms with Crippen molar-refractivity contribution in [3.05, 3.63) is 53.2 Å². The van der Waals surface area contributed by atoms with Crippen LogP contribution in [0.5, 0.6) is 0 Å². The zero-order valence-corrected chi connectivity index (χ0v) is 12.6. The van der Waals surface area contributed by atoms with Crippen LogP contribution in [0.25, 0.3) is 0 Å². The van der Waals surface area contributed by atoms with Crippen LogP contribution in [-0.2, 0) is 6.61 Å². The second-order valence-corrected chi connectivity index (χ2v) is 5.47. The second-order valence-electron chi connectivity index (χ2n) is 5.47. The van der Waals surface area contributed by atoms with Crippen molar-refractivity contribution in [3.8, 4) is 0 Å². The summed E-state index contributed by atoms with van der Waals surface area (Å²) in [7, 11) is 2.00. The number of rotatable bonds is 4. The van der Waals surface area contributed by atoms with E-state index in [9.17, 15) is 5.11 Å². The molecule has 1 N–H and O–H groups in total. The first-order chi connectivity index (χ1) is 9.51. The van der Waals surface area contributed by atoms with Gasteiger partial charge in [0.2, 0.25) is 0 Å². The smallest absolute Gasteiger partial charge is 0.133 e. The van der Waals surface area contributed by atoms with Gasteiger partial charge in [-0.2, -0.15) is 0 Å². The fourth-order valence-electron chi connectivity index (χ4n) is 2.12. The molecule has 20 heavy (non-hydrogen) atoms. The third-order valence-corrected chi connectivity index (χ3v) is 3.40. The molecule has 0 saturated carbocycles. The minimum atomic E-state index is 0.0386. The normalized spacial score (nSPS) is 10.9. The van der Waals surface area contributed by atoms with Crippen LogP contribution >= 0.6 is 0 Å². The van der Waals surface area contributed by atoms with E-state index >= 15 is 0 Å². The minimum absolute atomic E-state index is 0.0386. The third-order valence-electron chi connectivity index (χ3n) is 3.40. The lowest BCUT2D eigenvalue weighted by Gasteiger charge is -2.21. The van der Waals surface area contributed by atoms with Gasteiger partial charge in [-0.3, -0.25) is 0 Å². The van der Waals surface area contributed by atoms with Gasteiger partial charge in [-0.25, -0.2) is 4.98 Å². The molecule has 1 aromatic carbocycles. The van der Waals surface area contributed by atoms with Gasteiger partial charge in [-0.1, -0.05) is 26.0 Å². The summed E-state index contributed by atoms with van der Waals surface area (Å²) in [5.41, 5.74) is 4.23. The number of aliphatic hydroxyl groups excluding tert-OH is 1. The highest BCUT2D eigenvalue weighted by Gasteiger charge is 2.10. The lowest BCUT2D eigenvalue weighted by Crippen LogP contribution is -2.13. The van der Waals surface area contributed by atoms with E-state index in [0.29, 0.717) is 5.92 Å². The number of aliphatic hydroxyl groups is 1. The second kappa shape index (κ2) is 6.06. The molecule has 0 fully saturated rings. The minimum Gasteiger partial charge on any atom is -0.392 e. The van der Waals surface area contributed by atoms with E-state index in [-0.39, 0.29) is 6.61 Å². The Morgan fingerprint density at radius 1 is 1.20 bits per heavy atom. The van der Waals surface area contributed by atoms with Crippen LogP contribution in [0, 0.1) is 6.92 Å². The lowest BCUT2D eigenvalue weighted by atomic mass is 10.1. The van der Waals surface area contributed by atoms with Gasteiger partial charge in [-0.05, 0) is 48.2 Å². The van der Waals surface area contributed by atoms with Gasteiger partial charge in [-0.15, -0.1) is 0 Å². The van der Waals surface area contributed by atoms with Gasteiger partial charge in [0, 0.05) is 18.4 Å². The Morgan fingerprint density at radius 2 is 1.95 bits per heavy atom. The zero-order chi connectivity index (χ0) is 14.7. The van der Waals surface area contributed by atoms with E-state index in [0.717, 1.165) is 22.8 Å². The largest absolute Gasteiger partial charge is 0.392 e. The first kappa shape index (κ1) is 14.5. The SMILES string of the molecule is Cc1cccc(N(C)c2cc(CO)cc(C(C)C)n2)c1. The molecule has 0 bridgehead atoms. The van der Waals surface area contributed by atoms with Crippen LogP contribution in [0.15, 0.2) is 36.4 Å². The van der Waals surface area contributed by atoms with Crippen molar-refractivity contribution < 1.29 is 5.11 Å². The molecule has 0 amide bonds. The van der Waals surface area contributed by atoms with Gasteiger partial charge in [0.15, 0.2) is 0 Å². The number of hydrogen-bond acceptors (Lipinski definition) is 3. The Hall–Kier alpha value is -1.87. The first-order valence-corrected chi connectivity index (χ1v) is 6.93. The summed E-state index contributed by atoms with van der Waals surface area (Å²) in [5, 5.41) is 9.42. The third kappa shape index (κ3) is 3.17. The lowest BCUT2D eigenvalue weighted by molar-refractivity contribution is 0.281. The van der Waals surface area contributed by atoms with Crippen molar-refractivity contribution in [1.29, 1.82) is 0 Å². The molecule has 0 atom stereocenters. The number of aromatic nitrogens is 1. The molecule has 3 heteroatoms. The molecule has 2 aromatic rings. The summed E-state index contributed by atoms with van der Waals surface area (Å²) in [5.74, 6) is 1.21. The molecule has 0 spiro atoms. The predicted molar refractivity (Wildman–Crippen MR) is 83.5 cm³/mol. The molecule has 1 aromatic heterocycles. The molecule has 0 aliphatic carbocycles. The van der Waals surface area contributed by atoms with Crippen molar-refractivity contribution in [1.82, 2.24) is 4.98 Å². The van der Waals surface area contributed by atoms with Crippen molar-refractivity contribution >= 4 is 11.5 Å². The van der Waals surface area contributed by atoms with Gasteiger partial charge < -0.3 is 10.0 Å². The van der Waals surface area contributed by atoms with Crippen LogP contribution in [0.1, 0.15) is 36.6 Å². The van der Waals surface area contributed by atoms with Crippen molar-refractivity contribution in [3.63, 3.8) is 0 Å². The van der Waals surface area contributed by atoms with Crippen LogP contribution < -0.4 is 4.90 Å². The van der Waals surface area contributed by atoms with Gasteiger partial charge in [0.25, 0.3) is 0 Å². The van der Waals surface area contributed by atoms with Crippen LogP contribution in [0.3, 0.4) is 0 Å². The molecule has 0 saturated heterocycles. The first-order valence-electron chi connectivity index (χ1n) is 6.93. The van der Waals surface area contributed by atoms with Crippen molar-refractivity contribution in [2.24, 2.45) is 0 Å². The van der Waals surface area contributed by atoms with Gasteiger partial charge >= 0.3 is 0 Å². The van der Waals surface area contributed by atoms with E-state index in [1.165, 1.54) is 5.56 Å². The molecule has 1 heterocycles. The van der Waals surface area contributed by atoms with Crippen molar-refractivity contribution in [2.45, 2.75) is 33.3 Å². The molecular formula is C17H22N2O. The quantitative estimate of drug-likeness (QED) is 0.918. The van der Waals surface area contributed by atoms with E-state index in [4.69, 9.17) is 4.98 Å². The fraction of sp³-hybridized carbons (Fsp3) is 0.353. The average molecular weight is 270 g/mol. The maximum absolute atomic E-state index is 9.42. The summed E-state index contributed by atoms with van der Waals surface area (Å²) in [6, 6.07) is 12.2. The van der Waals surface area contributed by atoms with Crippen LogP contribution in [0.4, 0.5) is 11.5 Å². The van der Waals surface area contributed by atoms with Gasteiger partial charge in [0.05, 0.1) is 6.61 Å². The summed E-state index contributed by atoms with van der Waals surface area (Å²) in [6.07, 6.45) is 0. The standard InChI is InChI=1S/C17H22N2O/c1-12(2)16-9-14(11-20)10-17(18-16)19(4)15-7-5-6-13(3)8-15/h5-10,12,20H,11H2,1-4H3.